The smallest absolute Gasteiger partial charge is 0.141 e. The number of benzene rings is 6. The van der Waals surface area contributed by atoms with Crippen LogP contribution in [0.4, 0.5) is 0 Å². The molecule has 0 saturated heterocycles. The Morgan fingerprint density at radius 1 is 0.400 bits per heavy atom. The quantitative estimate of drug-likeness (QED) is 0.209. The first-order valence-electron chi connectivity index (χ1n) is 15.3. The highest BCUT2D eigenvalue weighted by atomic mass is 15.1. The topological polar surface area (TPSA) is 35.6 Å². The van der Waals surface area contributed by atoms with Crippen molar-refractivity contribution in [3.8, 4) is 33.9 Å². The largest absolute Gasteiger partial charge is 0.309 e. The van der Waals surface area contributed by atoms with Crippen LogP contribution >= 0.6 is 0 Å². The summed E-state index contributed by atoms with van der Waals surface area (Å²) in [7, 11) is 0. The van der Waals surface area contributed by atoms with Crippen molar-refractivity contribution < 1.29 is 0 Å². The van der Waals surface area contributed by atoms with Crippen molar-refractivity contribution >= 4 is 43.6 Å². The van der Waals surface area contributed by atoms with Crippen LogP contribution in [0.2, 0.25) is 0 Å². The van der Waals surface area contributed by atoms with E-state index in [1.807, 2.05) is 25.1 Å². The monoisotopic (exact) mass is 576 g/mol. The van der Waals surface area contributed by atoms with Gasteiger partial charge in [-0.1, -0.05) is 97.1 Å². The van der Waals surface area contributed by atoms with E-state index in [-0.39, 0.29) is 0 Å². The number of fused-ring (bicyclic) bond motifs is 6. The van der Waals surface area contributed by atoms with Gasteiger partial charge in [0.1, 0.15) is 11.6 Å². The lowest BCUT2D eigenvalue weighted by Crippen LogP contribution is -2.02. The molecule has 0 atom stereocenters. The zero-order chi connectivity index (χ0) is 29.9. The molecule has 3 aromatic heterocycles. The van der Waals surface area contributed by atoms with E-state index in [0.717, 1.165) is 33.9 Å². The number of hydrogen-bond acceptors (Lipinski definition) is 2. The Morgan fingerprint density at radius 3 is 1.56 bits per heavy atom. The SMILES string of the molecule is Cc1nc(-c2ccccc2)cc(-n2c3ccccc3c3cc(-c4ccc5c(c4)c4ccccc4n5-c4ccccc4)ccc32)n1. The van der Waals surface area contributed by atoms with Gasteiger partial charge in [-0.05, 0) is 66.6 Å². The van der Waals surface area contributed by atoms with Crippen molar-refractivity contribution in [2.45, 2.75) is 6.92 Å². The molecule has 6 aromatic carbocycles. The number of aromatic nitrogens is 4. The summed E-state index contributed by atoms with van der Waals surface area (Å²) in [6.07, 6.45) is 0. The minimum Gasteiger partial charge on any atom is -0.309 e. The summed E-state index contributed by atoms with van der Waals surface area (Å²) in [6.45, 7) is 1.97. The van der Waals surface area contributed by atoms with Gasteiger partial charge in [-0.3, -0.25) is 4.57 Å². The van der Waals surface area contributed by atoms with Crippen molar-refractivity contribution in [3.63, 3.8) is 0 Å². The molecular formula is C41H28N4. The molecule has 3 heterocycles. The Bertz CT molecular complexity index is 2540. The Balaban J connectivity index is 1.24. The van der Waals surface area contributed by atoms with E-state index in [2.05, 4.69) is 143 Å². The summed E-state index contributed by atoms with van der Waals surface area (Å²) in [5.41, 5.74) is 10.2. The lowest BCUT2D eigenvalue weighted by atomic mass is 10.0. The molecule has 0 N–H and O–H groups in total. The van der Waals surface area contributed by atoms with Crippen LogP contribution in [0.25, 0.3) is 77.5 Å². The predicted octanol–water partition coefficient (Wildman–Crippen LogP) is 10.3. The molecule has 0 spiro atoms. The van der Waals surface area contributed by atoms with Crippen LogP contribution in [0.5, 0.6) is 0 Å². The number of para-hydroxylation sites is 3. The molecule has 0 aliphatic carbocycles. The van der Waals surface area contributed by atoms with E-state index in [0.29, 0.717) is 0 Å². The van der Waals surface area contributed by atoms with Gasteiger partial charge in [0, 0.05) is 38.9 Å². The highest BCUT2D eigenvalue weighted by molar-refractivity contribution is 6.12. The maximum atomic E-state index is 4.92. The first-order valence-corrected chi connectivity index (χ1v) is 15.3. The standard InChI is InChI=1S/C41H28N4/c1-27-42-36(28-12-4-2-5-13-28)26-41(43-27)45-38-19-11-9-17-33(38)35-25-30(21-23-40(35)45)29-20-22-39-34(24-29)32-16-8-10-18-37(32)44(39)31-14-6-3-7-15-31/h2-26H,1H3. The second-order valence-electron chi connectivity index (χ2n) is 11.5. The number of aryl methyl sites for hydroxylation is 1. The third-order valence-corrected chi connectivity index (χ3v) is 8.82. The minimum atomic E-state index is 0.747. The molecule has 45 heavy (non-hydrogen) atoms. The first kappa shape index (κ1) is 25.5. The van der Waals surface area contributed by atoms with Crippen molar-refractivity contribution in [1.29, 1.82) is 0 Å². The lowest BCUT2D eigenvalue weighted by Gasteiger charge is -2.11. The van der Waals surface area contributed by atoms with Gasteiger partial charge in [-0.15, -0.1) is 0 Å². The Hall–Kier alpha value is -6.00. The molecule has 0 radical (unpaired) electrons. The van der Waals surface area contributed by atoms with Gasteiger partial charge in [0.15, 0.2) is 0 Å². The van der Waals surface area contributed by atoms with Gasteiger partial charge in [0.2, 0.25) is 0 Å². The average Bonchev–Trinajstić information content (AvgIpc) is 3.61. The molecule has 9 aromatic rings. The van der Waals surface area contributed by atoms with Gasteiger partial charge in [-0.25, -0.2) is 9.97 Å². The van der Waals surface area contributed by atoms with Gasteiger partial charge >= 0.3 is 0 Å². The summed E-state index contributed by atoms with van der Waals surface area (Å²) >= 11 is 0. The maximum absolute atomic E-state index is 4.92. The Morgan fingerprint density at radius 2 is 0.911 bits per heavy atom. The van der Waals surface area contributed by atoms with Crippen LogP contribution in [0.3, 0.4) is 0 Å². The van der Waals surface area contributed by atoms with Crippen molar-refractivity contribution in [2.24, 2.45) is 0 Å². The molecule has 0 amide bonds. The molecule has 9 rings (SSSR count). The van der Waals surface area contributed by atoms with Gasteiger partial charge in [0.25, 0.3) is 0 Å². The summed E-state index contributed by atoms with van der Waals surface area (Å²) in [5, 5.41) is 4.91. The van der Waals surface area contributed by atoms with Gasteiger partial charge in [0.05, 0.1) is 27.8 Å². The van der Waals surface area contributed by atoms with Crippen LogP contribution in [-0.4, -0.2) is 19.1 Å². The van der Waals surface area contributed by atoms with E-state index in [9.17, 15) is 0 Å². The van der Waals surface area contributed by atoms with Crippen LogP contribution in [0, 0.1) is 6.92 Å². The predicted molar refractivity (Wildman–Crippen MR) is 186 cm³/mol. The third-order valence-electron chi connectivity index (χ3n) is 8.82. The summed E-state index contributed by atoms with van der Waals surface area (Å²) in [5.74, 6) is 1.62. The van der Waals surface area contributed by atoms with Crippen molar-refractivity contribution in [1.82, 2.24) is 19.1 Å². The lowest BCUT2D eigenvalue weighted by molar-refractivity contribution is 0.985. The van der Waals surface area contributed by atoms with Gasteiger partial charge < -0.3 is 4.57 Å². The Kier molecular flexibility index (Phi) is 5.69. The second-order valence-corrected chi connectivity index (χ2v) is 11.5. The fraction of sp³-hybridized carbons (Fsp3) is 0.0244. The van der Waals surface area contributed by atoms with Crippen LogP contribution < -0.4 is 0 Å². The highest BCUT2D eigenvalue weighted by Crippen LogP contribution is 2.38. The summed E-state index contributed by atoms with van der Waals surface area (Å²) in [4.78, 5) is 9.69. The molecular weight excluding hydrogens is 548 g/mol. The molecule has 0 unspecified atom stereocenters. The molecule has 0 saturated carbocycles. The zero-order valence-electron chi connectivity index (χ0n) is 24.7. The molecule has 4 nitrogen and oxygen atoms in total. The molecule has 0 aliphatic rings. The average molecular weight is 577 g/mol. The number of nitrogens with zero attached hydrogens (tertiary/aromatic N) is 4. The van der Waals surface area contributed by atoms with Crippen LogP contribution in [0.1, 0.15) is 5.82 Å². The molecule has 4 heteroatoms. The highest BCUT2D eigenvalue weighted by Gasteiger charge is 2.17. The zero-order valence-corrected chi connectivity index (χ0v) is 24.7. The van der Waals surface area contributed by atoms with E-state index in [1.54, 1.807) is 0 Å². The maximum Gasteiger partial charge on any atom is 0.141 e. The van der Waals surface area contributed by atoms with Gasteiger partial charge in [-0.2, -0.15) is 0 Å². The van der Waals surface area contributed by atoms with Crippen molar-refractivity contribution in [3.05, 3.63) is 157 Å². The molecule has 0 aliphatic heterocycles. The van der Waals surface area contributed by atoms with Crippen molar-refractivity contribution in [2.75, 3.05) is 0 Å². The third kappa shape index (κ3) is 4.07. The van der Waals surface area contributed by atoms with Crippen LogP contribution in [-0.2, 0) is 0 Å². The van der Waals surface area contributed by atoms with E-state index < -0.39 is 0 Å². The second kappa shape index (κ2) is 10.0. The van der Waals surface area contributed by atoms with E-state index >= 15 is 0 Å². The fourth-order valence-corrected chi connectivity index (χ4v) is 6.83. The first-order chi connectivity index (χ1) is 22.2. The molecule has 0 fully saturated rings. The summed E-state index contributed by atoms with van der Waals surface area (Å²) in [6, 6.07) is 54.0. The minimum absolute atomic E-state index is 0.747. The molecule has 212 valence electrons. The van der Waals surface area contributed by atoms with E-state index in [4.69, 9.17) is 9.97 Å². The fourth-order valence-electron chi connectivity index (χ4n) is 6.83. The number of hydrogen-bond donors (Lipinski definition) is 0. The normalized spacial score (nSPS) is 11.7. The van der Waals surface area contributed by atoms with Crippen LogP contribution in [0.15, 0.2) is 152 Å². The summed E-state index contributed by atoms with van der Waals surface area (Å²) < 4.78 is 4.63. The van der Waals surface area contributed by atoms with E-state index in [1.165, 1.54) is 49.4 Å². The number of rotatable bonds is 4. The molecule has 0 bridgehead atoms. The Labute approximate surface area is 260 Å².